The van der Waals surface area contributed by atoms with E-state index in [1.165, 1.54) is 17.5 Å². The summed E-state index contributed by atoms with van der Waals surface area (Å²) >= 11 is 0. The summed E-state index contributed by atoms with van der Waals surface area (Å²) in [6.45, 7) is 0.961. The van der Waals surface area contributed by atoms with Gasteiger partial charge in [0.25, 0.3) is 0 Å². The van der Waals surface area contributed by atoms with Gasteiger partial charge in [-0.3, -0.25) is 0 Å². The van der Waals surface area contributed by atoms with E-state index < -0.39 is 0 Å². The summed E-state index contributed by atoms with van der Waals surface area (Å²) in [5, 5.41) is 3.25. The van der Waals surface area contributed by atoms with Gasteiger partial charge in [-0.25, -0.2) is 0 Å². The monoisotopic (exact) mass is 249 g/mol. The summed E-state index contributed by atoms with van der Waals surface area (Å²) in [6, 6.07) is 16.1. The highest BCUT2D eigenvalue weighted by Crippen LogP contribution is 2.58. The van der Waals surface area contributed by atoms with Crippen LogP contribution in [0.5, 0.6) is 0 Å². The van der Waals surface area contributed by atoms with Gasteiger partial charge in [0.05, 0.1) is 0 Å². The van der Waals surface area contributed by atoms with Gasteiger partial charge in [-0.1, -0.05) is 42.5 Å². The predicted octanol–water partition coefficient (Wildman–Crippen LogP) is 3.58. The Morgan fingerprint density at radius 1 is 1.00 bits per heavy atom. The number of hydrogen-bond acceptors (Lipinski definition) is 1. The fraction of sp³-hybridized carbons (Fsp3) is 0.333. The molecule has 1 heteroatoms. The molecule has 1 nitrogen and oxygen atoms in total. The molecule has 0 radical (unpaired) electrons. The van der Waals surface area contributed by atoms with Gasteiger partial charge in [-0.15, -0.1) is 0 Å². The molecule has 2 aliphatic rings. The fourth-order valence-corrected chi connectivity index (χ4v) is 3.63. The maximum absolute atomic E-state index is 3.25. The Morgan fingerprint density at radius 3 is 2.63 bits per heavy atom. The zero-order chi connectivity index (χ0) is 12.8. The highest BCUT2D eigenvalue weighted by molar-refractivity contribution is 5.50. The van der Waals surface area contributed by atoms with Crippen molar-refractivity contribution < 1.29 is 0 Å². The first-order valence-electron chi connectivity index (χ1n) is 7.21. The van der Waals surface area contributed by atoms with Crippen LogP contribution in [-0.4, -0.2) is 7.05 Å². The molecule has 1 N–H and O–H groups in total. The second kappa shape index (κ2) is 4.21. The van der Waals surface area contributed by atoms with Crippen LogP contribution >= 0.6 is 0 Å². The lowest BCUT2D eigenvalue weighted by atomic mass is 9.96. The summed E-state index contributed by atoms with van der Waals surface area (Å²) < 4.78 is 0. The zero-order valence-corrected chi connectivity index (χ0v) is 11.3. The van der Waals surface area contributed by atoms with Gasteiger partial charge in [0.2, 0.25) is 0 Å². The minimum absolute atomic E-state index is 0.780. The van der Waals surface area contributed by atoms with Crippen molar-refractivity contribution in [1.29, 1.82) is 0 Å². The molecule has 0 spiro atoms. The van der Waals surface area contributed by atoms with Crippen LogP contribution in [0.3, 0.4) is 0 Å². The third-order valence-corrected chi connectivity index (χ3v) is 4.61. The molecule has 1 fully saturated rings. The van der Waals surface area contributed by atoms with Crippen molar-refractivity contribution in [3.63, 3.8) is 0 Å². The molecule has 96 valence electrons. The molecule has 0 saturated heterocycles. The first kappa shape index (κ1) is 11.2. The van der Waals surface area contributed by atoms with Gasteiger partial charge >= 0.3 is 0 Å². The predicted molar refractivity (Wildman–Crippen MR) is 78.6 cm³/mol. The van der Waals surface area contributed by atoms with Crippen LogP contribution in [0, 0.1) is 0 Å². The van der Waals surface area contributed by atoms with Gasteiger partial charge in [-0.2, -0.15) is 0 Å². The van der Waals surface area contributed by atoms with Crippen LogP contribution in [0.4, 0.5) is 0 Å². The lowest BCUT2D eigenvalue weighted by Crippen LogP contribution is -2.06. The van der Waals surface area contributed by atoms with Crippen LogP contribution in [0.25, 0.3) is 0 Å². The SMILES string of the molecule is CNCc1ccc2c(c1)Cc1ccccc1C1CC21. The van der Waals surface area contributed by atoms with Crippen LogP contribution in [0.2, 0.25) is 0 Å². The van der Waals surface area contributed by atoms with Crippen molar-refractivity contribution >= 4 is 0 Å². The second-order valence-corrected chi connectivity index (χ2v) is 5.89. The molecular weight excluding hydrogens is 230 g/mol. The van der Waals surface area contributed by atoms with Crippen LogP contribution in [-0.2, 0) is 13.0 Å². The van der Waals surface area contributed by atoms with Crippen LogP contribution in [0.15, 0.2) is 42.5 Å². The van der Waals surface area contributed by atoms with Crippen molar-refractivity contribution in [3.8, 4) is 0 Å². The van der Waals surface area contributed by atoms with Gasteiger partial charge in [0.15, 0.2) is 0 Å². The summed E-state index contributed by atoms with van der Waals surface area (Å²) in [7, 11) is 2.01. The Hall–Kier alpha value is -1.60. The van der Waals surface area contributed by atoms with Gasteiger partial charge in [0.1, 0.15) is 0 Å². The fourth-order valence-electron chi connectivity index (χ4n) is 3.63. The Bertz CT molecular complexity index is 629. The molecule has 0 bridgehead atoms. The molecule has 4 rings (SSSR count). The largest absolute Gasteiger partial charge is 0.316 e. The Balaban J connectivity index is 1.81. The number of fused-ring (bicyclic) bond motifs is 5. The first-order chi connectivity index (χ1) is 9.36. The summed E-state index contributed by atoms with van der Waals surface area (Å²) in [4.78, 5) is 0. The number of rotatable bonds is 2. The standard InChI is InChI=1S/C18H19N/c1-19-11-12-6-7-16-14(8-12)9-13-4-2-3-5-15(13)17-10-18(16)17/h2-8,17-19H,9-11H2,1H3. The molecule has 0 heterocycles. The van der Waals surface area contributed by atoms with E-state index in [0.717, 1.165) is 24.8 Å². The maximum Gasteiger partial charge on any atom is 0.0202 e. The van der Waals surface area contributed by atoms with E-state index in [0.29, 0.717) is 0 Å². The van der Waals surface area contributed by atoms with E-state index in [2.05, 4.69) is 47.8 Å². The Kier molecular flexibility index (Phi) is 2.49. The molecule has 0 aliphatic heterocycles. The summed E-state index contributed by atoms with van der Waals surface area (Å²) in [5.41, 5.74) is 7.68. The highest BCUT2D eigenvalue weighted by atomic mass is 14.8. The first-order valence-corrected chi connectivity index (χ1v) is 7.21. The lowest BCUT2D eigenvalue weighted by Gasteiger charge is -2.10. The van der Waals surface area contributed by atoms with Crippen LogP contribution in [0.1, 0.15) is 46.1 Å². The van der Waals surface area contributed by atoms with Gasteiger partial charge in [-0.05, 0) is 59.5 Å². The Labute approximate surface area is 114 Å². The minimum atomic E-state index is 0.780. The molecule has 1 saturated carbocycles. The van der Waals surface area contributed by atoms with E-state index in [9.17, 15) is 0 Å². The maximum atomic E-state index is 3.25. The van der Waals surface area contributed by atoms with E-state index >= 15 is 0 Å². The molecule has 2 atom stereocenters. The molecule has 0 aromatic heterocycles. The summed E-state index contributed by atoms with van der Waals surface area (Å²) in [5.74, 6) is 1.56. The normalized spacial score (nSPS) is 23.0. The van der Waals surface area contributed by atoms with Crippen molar-refractivity contribution in [3.05, 3.63) is 70.3 Å². The molecule has 2 aliphatic carbocycles. The highest BCUT2D eigenvalue weighted by Gasteiger charge is 2.43. The van der Waals surface area contributed by atoms with Crippen LogP contribution < -0.4 is 5.32 Å². The topological polar surface area (TPSA) is 12.0 Å². The molecule has 0 amide bonds. The zero-order valence-electron chi connectivity index (χ0n) is 11.3. The molecule has 2 unspecified atom stereocenters. The van der Waals surface area contributed by atoms with Crippen molar-refractivity contribution in [2.75, 3.05) is 7.05 Å². The average molecular weight is 249 g/mol. The molecule has 2 aromatic carbocycles. The summed E-state index contributed by atoms with van der Waals surface area (Å²) in [6.07, 6.45) is 2.45. The number of nitrogens with one attached hydrogen (secondary N) is 1. The number of benzene rings is 2. The third kappa shape index (κ3) is 1.81. The van der Waals surface area contributed by atoms with Gasteiger partial charge < -0.3 is 5.32 Å². The van der Waals surface area contributed by atoms with E-state index in [-0.39, 0.29) is 0 Å². The smallest absolute Gasteiger partial charge is 0.0202 e. The van der Waals surface area contributed by atoms with Gasteiger partial charge in [0, 0.05) is 6.54 Å². The van der Waals surface area contributed by atoms with E-state index in [1.807, 2.05) is 7.05 Å². The molecule has 19 heavy (non-hydrogen) atoms. The quantitative estimate of drug-likeness (QED) is 0.857. The second-order valence-electron chi connectivity index (χ2n) is 5.89. The molecular formula is C18H19N. The third-order valence-electron chi connectivity index (χ3n) is 4.61. The number of hydrogen-bond donors (Lipinski definition) is 1. The van der Waals surface area contributed by atoms with Crippen molar-refractivity contribution in [2.24, 2.45) is 0 Å². The Morgan fingerprint density at radius 2 is 1.79 bits per heavy atom. The lowest BCUT2D eigenvalue weighted by molar-refractivity contribution is 0.815. The van der Waals surface area contributed by atoms with Crippen molar-refractivity contribution in [1.82, 2.24) is 5.32 Å². The van der Waals surface area contributed by atoms with Crippen molar-refractivity contribution in [2.45, 2.75) is 31.2 Å². The minimum Gasteiger partial charge on any atom is -0.316 e. The van der Waals surface area contributed by atoms with E-state index in [1.54, 1.807) is 16.7 Å². The molecule has 2 aromatic rings. The average Bonchev–Trinajstić information content (AvgIpc) is 3.20. The van der Waals surface area contributed by atoms with E-state index in [4.69, 9.17) is 0 Å².